The Kier molecular flexibility index (Phi) is 3.93. The van der Waals surface area contributed by atoms with Crippen LogP contribution in [-0.2, 0) is 0 Å². The molecule has 6 heteroatoms. The van der Waals surface area contributed by atoms with Gasteiger partial charge in [-0.3, -0.25) is 4.79 Å². The highest BCUT2D eigenvalue weighted by Crippen LogP contribution is 2.25. The summed E-state index contributed by atoms with van der Waals surface area (Å²) in [6, 6.07) is 7.48. The lowest BCUT2D eigenvalue weighted by atomic mass is 10.3. The van der Waals surface area contributed by atoms with Crippen molar-refractivity contribution in [3.05, 3.63) is 57.5 Å². The number of anilines is 1. The normalized spacial score (nSPS) is 10.2. The minimum atomic E-state index is -0.485. The number of benzene rings is 1. The van der Waals surface area contributed by atoms with Gasteiger partial charge >= 0.3 is 0 Å². The standard InChI is InChI=1S/C12H7BrClFN2O/c13-9-5-8(2-3-10(9)14)17-12(18)11-4-1-7(15)6-16-11/h1-6H,(H,17,18). The molecule has 0 saturated carbocycles. The molecule has 2 aromatic rings. The zero-order valence-electron chi connectivity index (χ0n) is 8.95. The molecule has 0 unspecified atom stereocenters. The molecule has 1 aromatic carbocycles. The third-order valence-electron chi connectivity index (χ3n) is 2.14. The molecule has 0 aliphatic rings. The van der Waals surface area contributed by atoms with E-state index in [1.165, 1.54) is 12.1 Å². The quantitative estimate of drug-likeness (QED) is 0.908. The summed E-state index contributed by atoms with van der Waals surface area (Å²) in [5, 5.41) is 3.18. The zero-order valence-corrected chi connectivity index (χ0v) is 11.3. The number of pyridine rings is 1. The summed E-state index contributed by atoms with van der Waals surface area (Å²) < 4.78 is 13.3. The van der Waals surface area contributed by atoms with Crippen LogP contribution in [0.15, 0.2) is 41.0 Å². The van der Waals surface area contributed by atoms with Gasteiger partial charge in [0, 0.05) is 10.2 Å². The SMILES string of the molecule is O=C(Nc1ccc(Cl)c(Br)c1)c1ccc(F)cn1. The van der Waals surface area contributed by atoms with Crippen molar-refractivity contribution in [1.82, 2.24) is 4.98 Å². The van der Waals surface area contributed by atoms with E-state index >= 15 is 0 Å². The molecule has 0 bridgehead atoms. The number of aromatic nitrogens is 1. The van der Waals surface area contributed by atoms with Crippen LogP contribution >= 0.6 is 27.5 Å². The van der Waals surface area contributed by atoms with Gasteiger partial charge in [0.05, 0.1) is 11.2 Å². The van der Waals surface area contributed by atoms with Gasteiger partial charge in [-0.1, -0.05) is 11.6 Å². The maximum absolute atomic E-state index is 12.7. The smallest absolute Gasteiger partial charge is 0.274 e. The molecule has 3 nitrogen and oxygen atoms in total. The lowest BCUT2D eigenvalue weighted by Gasteiger charge is -2.05. The average Bonchev–Trinajstić information content (AvgIpc) is 2.34. The van der Waals surface area contributed by atoms with E-state index in [0.29, 0.717) is 15.2 Å². The van der Waals surface area contributed by atoms with Crippen molar-refractivity contribution in [2.24, 2.45) is 0 Å². The van der Waals surface area contributed by atoms with E-state index < -0.39 is 11.7 Å². The van der Waals surface area contributed by atoms with E-state index in [1.807, 2.05) is 0 Å². The van der Waals surface area contributed by atoms with Crippen molar-refractivity contribution in [1.29, 1.82) is 0 Å². The van der Waals surface area contributed by atoms with Gasteiger partial charge in [-0.2, -0.15) is 0 Å². The van der Waals surface area contributed by atoms with Crippen LogP contribution in [0.25, 0.3) is 0 Å². The second kappa shape index (κ2) is 5.46. The van der Waals surface area contributed by atoms with Gasteiger partial charge in [0.1, 0.15) is 11.5 Å². The molecule has 0 atom stereocenters. The predicted molar refractivity (Wildman–Crippen MR) is 71.3 cm³/mol. The molecule has 1 amide bonds. The fourth-order valence-electron chi connectivity index (χ4n) is 1.28. The second-order valence-corrected chi connectivity index (χ2v) is 4.71. The number of hydrogen-bond acceptors (Lipinski definition) is 2. The molecule has 1 aromatic heterocycles. The summed E-state index contributed by atoms with van der Waals surface area (Å²) in [6.45, 7) is 0. The Morgan fingerprint density at radius 3 is 2.72 bits per heavy atom. The van der Waals surface area contributed by atoms with Gasteiger partial charge in [0.2, 0.25) is 0 Å². The van der Waals surface area contributed by atoms with Crippen molar-refractivity contribution < 1.29 is 9.18 Å². The minimum absolute atomic E-state index is 0.141. The topological polar surface area (TPSA) is 42.0 Å². The Bertz CT molecular complexity index is 589. The number of amides is 1. The third-order valence-corrected chi connectivity index (χ3v) is 3.35. The summed E-state index contributed by atoms with van der Waals surface area (Å²) >= 11 is 9.09. The van der Waals surface area contributed by atoms with Crippen molar-refractivity contribution in [2.45, 2.75) is 0 Å². The van der Waals surface area contributed by atoms with E-state index in [1.54, 1.807) is 18.2 Å². The Morgan fingerprint density at radius 1 is 1.33 bits per heavy atom. The zero-order chi connectivity index (χ0) is 13.1. The van der Waals surface area contributed by atoms with Crippen LogP contribution < -0.4 is 5.32 Å². The molecule has 0 aliphatic carbocycles. The van der Waals surface area contributed by atoms with Crippen molar-refractivity contribution in [2.75, 3.05) is 5.32 Å². The molecule has 0 spiro atoms. The molecule has 0 radical (unpaired) electrons. The van der Waals surface area contributed by atoms with Gasteiger partial charge < -0.3 is 5.32 Å². The second-order valence-electron chi connectivity index (χ2n) is 3.44. The number of nitrogens with zero attached hydrogens (tertiary/aromatic N) is 1. The fraction of sp³-hybridized carbons (Fsp3) is 0. The van der Waals surface area contributed by atoms with Crippen LogP contribution in [0.3, 0.4) is 0 Å². The number of carbonyl (C=O) groups excluding carboxylic acids is 1. The molecular weight excluding hydrogens is 322 g/mol. The lowest BCUT2D eigenvalue weighted by Crippen LogP contribution is -2.13. The third kappa shape index (κ3) is 3.05. The molecule has 1 N–H and O–H groups in total. The Hall–Kier alpha value is -1.46. The molecule has 0 aliphatic heterocycles. The van der Waals surface area contributed by atoms with Crippen LogP contribution in [-0.4, -0.2) is 10.9 Å². The van der Waals surface area contributed by atoms with Crippen LogP contribution in [0.1, 0.15) is 10.5 Å². The van der Waals surface area contributed by atoms with Gasteiger partial charge in [0.15, 0.2) is 0 Å². The largest absolute Gasteiger partial charge is 0.321 e. The molecule has 1 heterocycles. The molecule has 0 saturated heterocycles. The number of halogens is 3. The van der Waals surface area contributed by atoms with Gasteiger partial charge in [-0.05, 0) is 46.3 Å². The summed E-state index contributed by atoms with van der Waals surface area (Å²) in [7, 11) is 0. The number of carbonyl (C=O) groups is 1. The van der Waals surface area contributed by atoms with Crippen LogP contribution in [0.4, 0.5) is 10.1 Å². The van der Waals surface area contributed by atoms with Crippen molar-refractivity contribution in [3.63, 3.8) is 0 Å². The monoisotopic (exact) mass is 328 g/mol. The average molecular weight is 330 g/mol. The fourth-order valence-corrected chi connectivity index (χ4v) is 1.78. The molecule has 2 rings (SSSR count). The van der Waals surface area contributed by atoms with Crippen LogP contribution in [0.2, 0.25) is 5.02 Å². The highest BCUT2D eigenvalue weighted by Gasteiger charge is 2.08. The minimum Gasteiger partial charge on any atom is -0.321 e. The molecule has 18 heavy (non-hydrogen) atoms. The maximum atomic E-state index is 12.7. The summed E-state index contributed by atoms with van der Waals surface area (Å²) in [4.78, 5) is 15.5. The lowest BCUT2D eigenvalue weighted by molar-refractivity contribution is 0.102. The number of rotatable bonds is 2. The summed E-state index contributed by atoms with van der Waals surface area (Å²) in [5.74, 6) is -0.898. The van der Waals surface area contributed by atoms with E-state index in [4.69, 9.17) is 11.6 Å². The summed E-state index contributed by atoms with van der Waals surface area (Å²) in [5.41, 5.74) is 0.713. The van der Waals surface area contributed by atoms with E-state index in [9.17, 15) is 9.18 Å². The van der Waals surface area contributed by atoms with Crippen molar-refractivity contribution in [3.8, 4) is 0 Å². The van der Waals surface area contributed by atoms with Gasteiger partial charge in [-0.25, -0.2) is 9.37 Å². The molecule has 0 fully saturated rings. The van der Waals surface area contributed by atoms with E-state index in [-0.39, 0.29) is 5.69 Å². The van der Waals surface area contributed by atoms with Gasteiger partial charge in [-0.15, -0.1) is 0 Å². The first-order chi connectivity index (χ1) is 8.56. The van der Waals surface area contributed by atoms with Gasteiger partial charge in [0.25, 0.3) is 5.91 Å². The number of nitrogens with one attached hydrogen (secondary N) is 1. The Morgan fingerprint density at radius 2 is 2.11 bits per heavy atom. The predicted octanol–water partition coefficient (Wildman–Crippen LogP) is 3.89. The Labute approximate surface area is 116 Å². The van der Waals surface area contributed by atoms with Crippen LogP contribution in [0, 0.1) is 5.82 Å². The number of hydrogen-bond donors (Lipinski definition) is 1. The Balaban J connectivity index is 2.16. The first kappa shape index (κ1) is 13.0. The van der Waals surface area contributed by atoms with Crippen molar-refractivity contribution >= 4 is 39.1 Å². The first-order valence-electron chi connectivity index (χ1n) is 4.94. The summed E-state index contributed by atoms with van der Waals surface area (Å²) in [6.07, 6.45) is 0.993. The highest BCUT2D eigenvalue weighted by atomic mass is 79.9. The first-order valence-corrected chi connectivity index (χ1v) is 6.11. The highest BCUT2D eigenvalue weighted by molar-refractivity contribution is 9.10. The molecular formula is C12H7BrClFN2O. The maximum Gasteiger partial charge on any atom is 0.274 e. The van der Waals surface area contributed by atoms with E-state index in [0.717, 1.165) is 6.20 Å². The van der Waals surface area contributed by atoms with Crippen LogP contribution in [0.5, 0.6) is 0 Å². The molecule has 92 valence electrons. The van der Waals surface area contributed by atoms with E-state index in [2.05, 4.69) is 26.2 Å².